The van der Waals surface area contributed by atoms with Gasteiger partial charge in [0.25, 0.3) is 5.91 Å². The van der Waals surface area contributed by atoms with Gasteiger partial charge in [0.1, 0.15) is 5.75 Å². The lowest BCUT2D eigenvalue weighted by atomic mass is 10.1. The Kier molecular flexibility index (Phi) is 6.04. The Balaban J connectivity index is 1.47. The zero-order valence-corrected chi connectivity index (χ0v) is 19.2. The molecule has 0 aliphatic carbocycles. The average Bonchev–Trinajstić information content (AvgIpc) is 3.51. The molecule has 166 valence electrons. The molecule has 0 saturated carbocycles. The number of nitrogens with zero attached hydrogens (tertiary/aromatic N) is 4. The third-order valence-electron chi connectivity index (χ3n) is 5.49. The van der Waals surface area contributed by atoms with Crippen LogP contribution in [0.3, 0.4) is 0 Å². The highest BCUT2D eigenvalue weighted by atomic mass is 32.1. The Morgan fingerprint density at radius 3 is 2.79 bits per heavy atom. The fraction of sp³-hybridized carbons (Fsp3) is 0.192. The van der Waals surface area contributed by atoms with Gasteiger partial charge in [-0.25, -0.2) is 9.97 Å². The van der Waals surface area contributed by atoms with E-state index in [9.17, 15) is 4.79 Å². The number of hydrogen-bond acceptors (Lipinski definition) is 5. The van der Waals surface area contributed by atoms with Crippen molar-refractivity contribution in [3.63, 3.8) is 0 Å². The van der Waals surface area contributed by atoms with Gasteiger partial charge < -0.3 is 9.30 Å². The molecule has 5 aromatic rings. The number of imidazole rings is 1. The zero-order chi connectivity index (χ0) is 22.6. The van der Waals surface area contributed by atoms with Crippen LogP contribution in [-0.4, -0.2) is 33.6 Å². The van der Waals surface area contributed by atoms with Gasteiger partial charge in [0, 0.05) is 31.0 Å². The molecule has 0 spiro atoms. The molecule has 0 radical (unpaired) electrons. The molecule has 2 aromatic heterocycles. The van der Waals surface area contributed by atoms with E-state index in [0.717, 1.165) is 39.7 Å². The van der Waals surface area contributed by atoms with E-state index >= 15 is 0 Å². The predicted octanol–water partition coefficient (Wildman–Crippen LogP) is 5.78. The highest BCUT2D eigenvalue weighted by Gasteiger charge is 2.21. The number of thiazole rings is 1. The number of benzene rings is 3. The maximum atomic E-state index is 13.7. The predicted molar refractivity (Wildman–Crippen MR) is 133 cm³/mol. The monoisotopic (exact) mass is 456 g/mol. The van der Waals surface area contributed by atoms with Gasteiger partial charge in [-0.3, -0.25) is 9.69 Å². The van der Waals surface area contributed by atoms with Crippen LogP contribution in [0, 0.1) is 0 Å². The lowest BCUT2D eigenvalue weighted by Gasteiger charge is -2.20. The molecule has 6 nitrogen and oxygen atoms in total. The van der Waals surface area contributed by atoms with Crippen molar-refractivity contribution in [2.24, 2.45) is 0 Å². The second-order valence-electron chi connectivity index (χ2n) is 7.73. The summed E-state index contributed by atoms with van der Waals surface area (Å²) < 4.78 is 8.66. The molecule has 0 atom stereocenters. The standard InChI is InChI=1S/C26H24N4O2S/c1-2-32-22-10-11-23-24(17-22)33-26(28-23)30(14-5-13-29-15-12-27-18-29)25(31)21-9-8-19-6-3-4-7-20(19)16-21/h3-4,6-12,15-18H,2,5,13-14H2,1H3. The highest BCUT2D eigenvalue weighted by molar-refractivity contribution is 7.22. The Hall–Kier alpha value is -3.71. The van der Waals surface area contributed by atoms with Crippen molar-refractivity contribution in [3.05, 3.63) is 84.9 Å². The summed E-state index contributed by atoms with van der Waals surface area (Å²) in [4.78, 5) is 24.4. The summed E-state index contributed by atoms with van der Waals surface area (Å²) in [7, 11) is 0. The van der Waals surface area contributed by atoms with Crippen molar-refractivity contribution in [2.45, 2.75) is 19.9 Å². The van der Waals surface area contributed by atoms with E-state index in [1.165, 1.54) is 11.3 Å². The Morgan fingerprint density at radius 1 is 1.09 bits per heavy atom. The van der Waals surface area contributed by atoms with E-state index in [-0.39, 0.29) is 5.91 Å². The van der Waals surface area contributed by atoms with Crippen LogP contribution in [0.1, 0.15) is 23.7 Å². The lowest BCUT2D eigenvalue weighted by molar-refractivity contribution is 0.0986. The second kappa shape index (κ2) is 9.42. The summed E-state index contributed by atoms with van der Waals surface area (Å²) in [6.07, 6.45) is 6.28. The van der Waals surface area contributed by atoms with Crippen LogP contribution in [0.25, 0.3) is 21.0 Å². The minimum atomic E-state index is -0.0459. The number of amides is 1. The molecule has 0 unspecified atom stereocenters. The van der Waals surface area contributed by atoms with Crippen molar-refractivity contribution < 1.29 is 9.53 Å². The Morgan fingerprint density at radius 2 is 1.97 bits per heavy atom. The van der Waals surface area contributed by atoms with Crippen molar-refractivity contribution in [2.75, 3.05) is 18.1 Å². The van der Waals surface area contributed by atoms with Gasteiger partial charge in [-0.15, -0.1) is 0 Å². The van der Waals surface area contributed by atoms with Crippen molar-refractivity contribution >= 4 is 43.4 Å². The number of fused-ring (bicyclic) bond motifs is 2. The van der Waals surface area contributed by atoms with Gasteiger partial charge in [0.15, 0.2) is 5.13 Å². The van der Waals surface area contributed by atoms with Gasteiger partial charge in [-0.05, 0) is 54.4 Å². The van der Waals surface area contributed by atoms with E-state index in [1.54, 1.807) is 17.4 Å². The summed E-state index contributed by atoms with van der Waals surface area (Å²) >= 11 is 1.51. The lowest BCUT2D eigenvalue weighted by Crippen LogP contribution is -2.32. The number of rotatable bonds is 8. The maximum Gasteiger partial charge on any atom is 0.260 e. The fourth-order valence-corrected chi connectivity index (χ4v) is 4.88. The largest absolute Gasteiger partial charge is 0.494 e. The van der Waals surface area contributed by atoms with Crippen LogP contribution < -0.4 is 9.64 Å². The van der Waals surface area contributed by atoms with Crippen LogP contribution in [0.2, 0.25) is 0 Å². The van der Waals surface area contributed by atoms with Crippen LogP contribution in [-0.2, 0) is 6.54 Å². The smallest absolute Gasteiger partial charge is 0.260 e. The summed E-state index contributed by atoms with van der Waals surface area (Å²) in [6.45, 7) is 3.91. The minimum Gasteiger partial charge on any atom is -0.494 e. The normalized spacial score (nSPS) is 11.2. The van der Waals surface area contributed by atoms with E-state index in [2.05, 4.69) is 11.1 Å². The number of carbonyl (C=O) groups is 1. The number of aromatic nitrogens is 3. The van der Waals surface area contributed by atoms with Gasteiger partial charge in [-0.1, -0.05) is 41.7 Å². The molecule has 0 N–H and O–H groups in total. The van der Waals surface area contributed by atoms with Crippen molar-refractivity contribution in [1.82, 2.24) is 14.5 Å². The molecule has 0 saturated heterocycles. The van der Waals surface area contributed by atoms with Gasteiger partial charge >= 0.3 is 0 Å². The summed E-state index contributed by atoms with van der Waals surface area (Å²) in [5.41, 5.74) is 1.52. The van der Waals surface area contributed by atoms with Crippen LogP contribution in [0.5, 0.6) is 5.75 Å². The van der Waals surface area contributed by atoms with E-state index in [1.807, 2.05) is 72.3 Å². The highest BCUT2D eigenvalue weighted by Crippen LogP contribution is 2.32. The molecular weight excluding hydrogens is 432 g/mol. The molecule has 7 heteroatoms. The summed E-state index contributed by atoms with van der Waals surface area (Å²) in [6, 6.07) is 19.8. The molecule has 0 aliphatic rings. The second-order valence-corrected chi connectivity index (χ2v) is 8.74. The molecule has 0 fully saturated rings. The number of aryl methyl sites for hydroxylation is 1. The van der Waals surface area contributed by atoms with Crippen molar-refractivity contribution in [3.8, 4) is 5.75 Å². The first-order chi connectivity index (χ1) is 16.2. The fourth-order valence-electron chi connectivity index (χ4n) is 3.86. The summed E-state index contributed by atoms with van der Waals surface area (Å²) in [5.74, 6) is 0.767. The SMILES string of the molecule is CCOc1ccc2nc(N(CCCn3ccnc3)C(=O)c3ccc4ccccc4c3)sc2c1. The van der Waals surface area contributed by atoms with Crippen LogP contribution in [0.4, 0.5) is 5.13 Å². The molecule has 2 heterocycles. The van der Waals surface area contributed by atoms with Gasteiger partial charge in [0.05, 0.1) is 23.2 Å². The first-order valence-electron chi connectivity index (χ1n) is 11.0. The Labute approximate surface area is 196 Å². The van der Waals surface area contributed by atoms with E-state index in [4.69, 9.17) is 9.72 Å². The van der Waals surface area contributed by atoms with Gasteiger partial charge in [0.2, 0.25) is 0 Å². The first kappa shape index (κ1) is 21.2. The number of anilines is 1. The number of carbonyl (C=O) groups excluding carboxylic acids is 1. The third-order valence-corrected chi connectivity index (χ3v) is 6.53. The van der Waals surface area contributed by atoms with E-state index < -0.39 is 0 Å². The van der Waals surface area contributed by atoms with Crippen LogP contribution >= 0.6 is 11.3 Å². The summed E-state index contributed by atoms with van der Waals surface area (Å²) in [5, 5.41) is 2.86. The number of hydrogen-bond donors (Lipinski definition) is 0. The van der Waals surface area contributed by atoms with Crippen LogP contribution in [0.15, 0.2) is 79.4 Å². The molecule has 33 heavy (non-hydrogen) atoms. The molecule has 3 aromatic carbocycles. The number of ether oxygens (including phenoxy) is 1. The molecule has 0 aliphatic heterocycles. The molecule has 0 bridgehead atoms. The first-order valence-corrected chi connectivity index (χ1v) is 11.8. The van der Waals surface area contributed by atoms with Gasteiger partial charge in [-0.2, -0.15) is 0 Å². The van der Waals surface area contributed by atoms with Crippen molar-refractivity contribution in [1.29, 1.82) is 0 Å². The average molecular weight is 457 g/mol. The third kappa shape index (κ3) is 4.59. The topological polar surface area (TPSA) is 60.2 Å². The minimum absolute atomic E-state index is 0.0459. The molecular formula is C26H24N4O2S. The zero-order valence-electron chi connectivity index (χ0n) is 18.3. The quantitative estimate of drug-likeness (QED) is 0.297. The maximum absolute atomic E-state index is 13.7. The molecule has 1 amide bonds. The van der Waals surface area contributed by atoms with E-state index in [0.29, 0.717) is 23.8 Å². The Bertz CT molecular complexity index is 1390. The molecule has 5 rings (SSSR count).